The highest BCUT2D eigenvalue weighted by Crippen LogP contribution is 2.36. The largest absolute Gasteiger partial charge is 0.454 e. The normalized spacial score (nSPS) is 13.6. The van der Waals surface area contributed by atoms with Crippen molar-refractivity contribution in [2.45, 2.75) is 6.42 Å². The molecule has 0 aromatic heterocycles. The van der Waals surface area contributed by atoms with Crippen molar-refractivity contribution in [3.8, 4) is 17.2 Å². The molecule has 1 aliphatic rings. The van der Waals surface area contributed by atoms with Crippen LogP contribution in [0.25, 0.3) is 0 Å². The van der Waals surface area contributed by atoms with E-state index < -0.39 is 0 Å². The lowest BCUT2D eigenvalue weighted by Crippen LogP contribution is -2.01. The summed E-state index contributed by atoms with van der Waals surface area (Å²) in [6, 6.07) is 5.44. The molecule has 0 spiro atoms. The highest BCUT2D eigenvalue weighted by atomic mass is 31.1. The van der Waals surface area contributed by atoms with Crippen LogP contribution in [0.3, 0.4) is 0 Å². The molecule has 5 nitrogen and oxygen atoms in total. The van der Waals surface area contributed by atoms with Crippen LogP contribution in [0.4, 0.5) is 0 Å². The first-order valence-electron chi connectivity index (χ1n) is 5.03. The van der Waals surface area contributed by atoms with E-state index in [1.54, 1.807) is 6.07 Å². The van der Waals surface area contributed by atoms with Gasteiger partial charge < -0.3 is 24.3 Å². The summed E-state index contributed by atoms with van der Waals surface area (Å²) in [7, 11) is -0.0175. The number of ether oxygens (including phenoxy) is 2. The Balaban J connectivity index is 1.77. The van der Waals surface area contributed by atoms with Gasteiger partial charge in [-0.2, -0.15) is 0 Å². The van der Waals surface area contributed by atoms with Gasteiger partial charge in [0.1, 0.15) is 5.75 Å². The van der Waals surface area contributed by atoms with Crippen molar-refractivity contribution < 1.29 is 18.5 Å². The predicted molar refractivity (Wildman–Crippen MR) is 61.1 cm³/mol. The van der Waals surface area contributed by atoms with Crippen molar-refractivity contribution in [1.29, 1.82) is 0 Å². The van der Waals surface area contributed by atoms with E-state index in [0.717, 1.165) is 17.9 Å². The molecule has 2 N–H and O–H groups in total. The third-order valence-corrected chi connectivity index (χ3v) is 2.65. The summed E-state index contributed by atoms with van der Waals surface area (Å²) in [6.07, 6.45) is 0.845. The summed E-state index contributed by atoms with van der Waals surface area (Å²) in [5, 5.41) is 0. The van der Waals surface area contributed by atoms with Crippen molar-refractivity contribution in [2.75, 3.05) is 19.9 Å². The van der Waals surface area contributed by atoms with E-state index in [0.29, 0.717) is 18.9 Å². The zero-order chi connectivity index (χ0) is 11.2. The van der Waals surface area contributed by atoms with Gasteiger partial charge >= 0.3 is 0 Å². The molecule has 1 heterocycles. The first-order chi connectivity index (χ1) is 7.90. The third kappa shape index (κ3) is 2.98. The van der Waals surface area contributed by atoms with Crippen LogP contribution in [0.15, 0.2) is 18.2 Å². The fourth-order valence-electron chi connectivity index (χ4n) is 1.22. The Morgan fingerprint density at radius 3 is 3.06 bits per heavy atom. The van der Waals surface area contributed by atoms with Crippen LogP contribution < -0.4 is 19.7 Å². The van der Waals surface area contributed by atoms with Crippen molar-refractivity contribution >= 4 is 9.03 Å². The van der Waals surface area contributed by atoms with Gasteiger partial charge in [-0.15, -0.1) is 0 Å². The SMILES string of the molecule is NCCCOPOc1ccc2c(c1)OCO2. The smallest absolute Gasteiger partial charge is 0.231 e. The topological polar surface area (TPSA) is 62.9 Å². The summed E-state index contributed by atoms with van der Waals surface area (Å²) in [5.74, 6) is 2.18. The lowest BCUT2D eigenvalue weighted by Gasteiger charge is -2.06. The first kappa shape index (κ1) is 11.5. The third-order valence-electron chi connectivity index (χ3n) is 2.01. The van der Waals surface area contributed by atoms with Crippen LogP contribution in [0.5, 0.6) is 17.2 Å². The van der Waals surface area contributed by atoms with Crippen LogP contribution in [-0.2, 0) is 4.52 Å². The Morgan fingerprint density at radius 1 is 1.31 bits per heavy atom. The van der Waals surface area contributed by atoms with E-state index in [4.69, 9.17) is 24.3 Å². The van der Waals surface area contributed by atoms with Crippen LogP contribution in [-0.4, -0.2) is 19.9 Å². The highest BCUT2D eigenvalue weighted by Gasteiger charge is 2.13. The predicted octanol–water partition coefficient (Wildman–Crippen LogP) is 1.67. The molecule has 1 aromatic rings. The number of benzene rings is 1. The van der Waals surface area contributed by atoms with Gasteiger partial charge in [-0.3, -0.25) is 0 Å². The highest BCUT2D eigenvalue weighted by molar-refractivity contribution is 7.26. The van der Waals surface area contributed by atoms with Crippen LogP contribution in [0.1, 0.15) is 6.42 Å². The van der Waals surface area contributed by atoms with Gasteiger partial charge in [0.2, 0.25) is 15.8 Å². The Kier molecular flexibility index (Phi) is 4.22. The van der Waals surface area contributed by atoms with Crippen LogP contribution in [0, 0.1) is 0 Å². The number of rotatable bonds is 6. The van der Waals surface area contributed by atoms with Gasteiger partial charge in [0.25, 0.3) is 0 Å². The molecule has 88 valence electrons. The van der Waals surface area contributed by atoms with Gasteiger partial charge in [-0.25, -0.2) is 0 Å². The van der Waals surface area contributed by atoms with Gasteiger partial charge in [0.15, 0.2) is 11.5 Å². The Labute approximate surface area is 95.8 Å². The average molecular weight is 243 g/mol. The minimum Gasteiger partial charge on any atom is -0.454 e. The summed E-state index contributed by atoms with van der Waals surface area (Å²) in [4.78, 5) is 0. The van der Waals surface area contributed by atoms with E-state index in [2.05, 4.69) is 0 Å². The summed E-state index contributed by atoms with van der Waals surface area (Å²) in [5.41, 5.74) is 5.34. The molecule has 1 unspecified atom stereocenters. The van der Waals surface area contributed by atoms with Gasteiger partial charge in [0, 0.05) is 6.07 Å². The van der Waals surface area contributed by atoms with Crippen molar-refractivity contribution in [1.82, 2.24) is 0 Å². The molecule has 0 saturated carbocycles. The fourth-order valence-corrected chi connectivity index (χ4v) is 1.72. The molecule has 0 radical (unpaired) electrons. The second-order valence-corrected chi connectivity index (χ2v) is 3.85. The maximum absolute atomic E-state index is 5.41. The molecule has 0 saturated heterocycles. The van der Waals surface area contributed by atoms with E-state index in [1.807, 2.05) is 12.1 Å². The van der Waals surface area contributed by atoms with Crippen molar-refractivity contribution in [3.63, 3.8) is 0 Å². The molecule has 0 aliphatic carbocycles. The second kappa shape index (κ2) is 5.89. The molecule has 1 atom stereocenters. The zero-order valence-corrected chi connectivity index (χ0v) is 9.77. The molecule has 0 fully saturated rings. The van der Waals surface area contributed by atoms with E-state index in [-0.39, 0.29) is 15.8 Å². The molecule has 1 aromatic carbocycles. The van der Waals surface area contributed by atoms with Crippen LogP contribution >= 0.6 is 9.03 Å². The molecule has 0 amide bonds. The van der Waals surface area contributed by atoms with Gasteiger partial charge in [-0.1, -0.05) is 0 Å². The number of fused-ring (bicyclic) bond motifs is 1. The zero-order valence-electron chi connectivity index (χ0n) is 8.77. The molecular formula is C10H14NO4P. The first-order valence-corrected chi connectivity index (χ1v) is 5.85. The Morgan fingerprint density at radius 2 is 2.19 bits per heavy atom. The maximum atomic E-state index is 5.41. The molecule has 16 heavy (non-hydrogen) atoms. The van der Waals surface area contributed by atoms with Gasteiger partial charge in [-0.05, 0) is 25.1 Å². The summed E-state index contributed by atoms with van der Waals surface area (Å²) in [6.45, 7) is 1.53. The van der Waals surface area contributed by atoms with Gasteiger partial charge in [0.05, 0.1) is 6.61 Å². The lowest BCUT2D eigenvalue weighted by atomic mass is 10.3. The van der Waals surface area contributed by atoms with E-state index in [9.17, 15) is 0 Å². The molecule has 1 aliphatic heterocycles. The monoisotopic (exact) mass is 243 g/mol. The van der Waals surface area contributed by atoms with Crippen molar-refractivity contribution in [2.24, 2.45) is 5.73 Å². The standard InChI is InChI=1S/C10H14NO4P/c11-4-1-5-14-16-15-8-2-3-9-10(6-8)13-7-12-9/h2-3,6,16H,1,4-5,7,11H2. The number of hydrogen-bond donors (Lipinski definition) is 1. The van der Waals surface area contributed by atoms with E-state index in [1.165, 1.54) is 0 Å². The molecule has 0 bridgehead atoms. The minimum atomic E-state index is -0.0175. The van der Waals surface area contributed by atoms with Crippen LogP contribution in [0.2, 0.25) is 0 Å². The molecular weight excluding hydrogens is 229 g/mol. The number of hydrogen-bond acceptors (Lipinski definition) is 5. The number of nitrogens with two attached hydrogens (primary N) is 1. The molecule has 2 rings (SSSR count). The van der Waals surface area contributed by atoms with E-state index >= 15 is 0 Å². The summed E-state index contributed by atoms with van der Waals surface area (Å²) < 4.78 is 21.1. The Hall–Kier alpha value is -1.03. The average Bonchev–Trinajstić information content (AvgIpc) is 2.76. The second-order valence-electron chi connectivity index (χ2n) is 3.19. The minimum absolute atomic E-state index is 0.0175. The maximum Gasteiger partial charge on any atom is 0.231 e. The fraction of sp³-hybridized carbons (Fsp3) is 0.400. The Bertz CT molecular complexity index is 348. The quantitative estimate of drug-likeness (QED) is 0.608. The van der Waals surface area contributed by atoms with Crippen molar-refractivity contribution in [3.05, 3.63) is 18.2 Å². The summed E-state index contributed by atoms with van der Waals surface area (Å²) >= 11 is 0. The molecule has 6 heteroatoms. The lowest BCUT2D eigenvalue weighted by molar-refractivity contribution is 0.174.